The van der Waals surface area contributed by atoms with E-state index in [0.717, 1.165) is 30.8 Å². The summed E-state index contributed by atoms with van der Waals surface area (Å²) in [5, 5.41) is 1.27. The molecule has 4 heteroatoms. The van der Waals surface area contributed by atoms with Crippen LogP contribution in [-0.4, -0.2) is 39.7 Å². The summed E-state index contributed by atoms with van der Waals surface area (Å²) in [7, 11) is 6.34. The molecule has 0 fully saturated rings. The molecule has 4 nitrogen and oxygen atoms in total. The SMILES string of the molecule is CN(C)CCCn1cnc(-c2ccccc2)c1-c1cccc2c1ccn2C. The van der Waals surface area contributed by atoms with E-state index in [-0.39, 0.29) is 0 Å². The zero-order chi connectivity index (χ0) is 18.8. The van der Waals surface area contributed by atoms with Crippen molar-refractivity contribution in [1.82, 2.24) is 19.0 Å². The first kappa shape index (κ1) is 17.6. The van der Waals surface area contributed by atoms with E-state index in [9.17, 15) is 0 Å². The Kier molecular flexibility index (Phi) is 4.82. The summed E-state index contributed by atoms with van der Waals surface area (Å²) in [5.74, 6) is 0. The van der Waals surface area contributed by atoms with E-state index in [1.54, 1.807) is 0 Å². The van der Waals surface area contributed by atoms with Gasteiger partial charge in [0.2, 0.25) is 0 Å². The van der Waals surface area contributed by atoms with Gasteiger partial charge in [-0.15, -0.1) is 0 Å². The Labute approximate surface area is 160 Å². The van der Waals surface area contributed by atoms with Crippen LogP contribution < -0.4 is 0 Å². The molecule has 138 valence electrons. The minimum absolute atomic E-state index is 0.955. The van der Waals surface area contributed by atoms with E-state index in [1.165, 1.54) is 22.2 Å². The van der Waals surface area contributed by atoms with Gasteiger partial charge in [0.25, 0.3) is 0 Å². The molecule has 4 rings (SSSR count). The molecule has 2 aromatic carbocycles. The maximum atomic E-state index is 4.82. The van der Waals surface area contributed by atoms with E-state index < -0.39 is 0 Å². The predicted molar refractivity (Wildman–Crippen MR) is 113 cm³/mol. The Bertz CT molecular complexity index is 1040. The highest BCUT2D eigenvalue weighted by atomic mass is 15.1. The molecule has 0 unspecified atom stereocenters. The lowest BCUT2D eigenvalue weighted by Crippen LogP contribution is -2.15. The van der Waals surface area contributed by atoms with Gasteiger partial charge in [0.1, 0.15) is 0 Å². The quantitative estimate of drug-likeness (QED) is 0.501. The summed E-state index contributed by atoms with van der Waals surface area (Å²) >= 11 is 0. The third-order valence-corrected chi connectivity index (χ3v) is 5.07. The van der Waals surface area contributed by atoms with Gasteiger partial charge in [0.15, 0.2) is 0 Å². The molecule has 0 N–H and O–H groups in total. The number of aryl methyl sites for hydroxylation is 2. The predicted octanol–water partition coefficient (Wildman–Crippen LogP) is 4.66. The number of hydrogen-bond acceptors (Lipinski definition) is 2. The molecule has 0 saturated heterocycles. The lowest BCUT2D eigenvalue weighted by Gasteiger charge is -2.14. The Morgan fingerprint density at radius 2 is 1.78 bits per heavy atom. The van der Waals surface area contributed by atoms with Crippen LogP contribution in [-0.2, 0) is 13.6 Å². The lowest BCUT2D eigenvalue weighted by atomic mass is 10.0. The first-order valence-electron chi connectivity index (χ1n) is 9.45. The van der Waals surface area contributed by atoms with Crippen molar-refractivity contribution in [3.8, 4) is 22.5 Å². The normalized spacial score (nSPS) is 11.6. The molecular weight excluding hydrogens is 332 g/mol. The van der Waals surface area contributed by atoms with Gasteiger partial charge >= 0.3 is 0 Å². The monoisotopic (exact) mass is 358 g/mol. The van der Waals surface area contributed by atoms with Gasteiger partial charge in [-0.3, -0.25) is 0 Å². The van der Waals surface area contributed by atoms with Crippen molar-refractivity contribution in [1.29, 1.82) is 0 Å². The maximum absolute atomic E-state index is 4.82. The molecular formula is C23H26N4. The molecule has 2 aromatic heterocycles. The summed E-state index contributed by atoms with van der Waals surface area (Å²) in [6, 6.07) is 19.2. The highest BCUT2D eigenvalue weighted by molar-refractivity contribution is 5.98. The third kappa shape index (κ3) is 3.40. The van der Waals surface area contributed by atoms with Crippen LogP contribution in [0, 0.1) is 0 Å². The molecule has 0 bridgehead atoms. The van der Waals surface area contributed by atoms with Crippen LogP contribution in [0.3, 0.4) is 0 Å². The minimum Gasteiger partial charge on any atom is -0.351 e. The number of rotatable bonds is 6. The number of fused-ring (bicyclic) bond motifs is 1. The number of imidazole rings is 1. The summed E-state index contributed by atoms with van der Waals surface area (Å²) in [6.07, 6.45) is 5.22. The molecule has 0 saturated carbocycles. The summed E-state index contributed by atoms with van der Waals surface area (Å²) in [4.78, 5) is 7.05. The summed E-state index contributed by atoms with van der Waals surface area (Å²) in [6.45, 7) is 2.02. The molecule has 0 radical (unpaired) electrons. The fourth-order valence-corrected chi connectivity index (χ4v) is 3.71. The number of aromatic nitrogens is 3. The first-order chi connectivity index (χ1) is 13.1. The molecule has 27 heavy (non-hydrogen) atoms. The second-order valence-corrected chi connectivity index (χ2v) is 7.32. The highest BCUT2D eigenvalue weighted by Gasteiger charge is 2.17. The van der Waals surface area contributed by atoms with Crippen LogP contribution in [0.5, 0.6) is 0 Å². The van der Waals surface area contributed by atoms with Gasteiger partial charge in [0.05, 0.1) is 17.7 Å². The van der Waals surface area contributed by atoms with Crippen molar-refractivity contribution < 1.29 is 0 Å². The molecule has 0 atom stereocenters. The van der Waals surface area contributed by atoms with Crippen molar-refractivity contribution in [2.24, 2.45) is 7.05 Å². The van der Waals surface area contributed by atoms with Crippen LogP contribution >= 0.6 is 0 Å². The van der Waals surface area contributed by atoms with Crippen molar-refractivity contribution in [3.05, 3.63) is 67.1 Å². The molecule has 0 aliphatic heterocycles. The van der Waals surface area contributed by atoms with E-state index in [1.807, 2.05) is 6.33 Å². The van der Waals surface area contributed by atoms with Crippen molar-refractivity contribution >= 4 is 10.9 Å². The van der Waals surface area contributed by atoms with Crippen molar-refractivity contribution in [3.63, 3.8) is 0 Å². The summed E-state index contributed by atoms with van der Waals surface area (Å²) in [5.41, 5.74) is 5.90. The smallest absolute Gasteiger partial charge is 0.0963 e. The standard InChI is InChI=1S/C23H26N4/c1-25(2)14-8-15-27-17-24-22(18-9-5-4-6-10-18)23(27)20-11-7-12-21-19(20)13-16-26(21)3/h4-7,9-13,16-17H,8,14-15H2,1-3H3. The molecule has 0 aliphatic rings. The zero-order valence-electron chi connectivity index (χ0n) is 16.3. The number of benzene rings is 2. The van der Waals surface area contributed by atoms with Gasteiger partial charge < -0.3 is 14.0 Å². The van der Waals surface area contributed by atoms with Crippen molar-refractivity contribution in [2.45, 2.75) is 13.0 Å². The molecule has 0 spiro atoms. The maximum Gasteiger partial charge on any atom is 0.0963 e. The van der Waals surface area contributed by atoms with Crippen molar-refractivity contribution in [2.75, 3.05) is 20.6 Å². The molecule has 0 amide bonds. The van der Waals surface area contributed by atoms with E-state index in [0.29, 0.717) is 0 Å². The molecule has 2 heterocycles. The largest absolute Gasteiger partial charge is 0.351 e. The highest BCUT2D eigenvalue weighted by Crippen LogP contribution is 2.36. The van der Waals surface area contributed by atoms with Gasteiger partial charge in [-0.2, -0.15) is 0 Å². The molecule has 0 aliphatic carbocycles. The van der Waals surface area contributed by atoms with Crippen LogP contribution in [0.2, 0.25) is 0 Å². The summed E-state index contributed by atoms with van der Waals surface area (Å²) < 4.78 is 4.49. The third-order valence-electron chi connectivity index (χ3n) is 5.07. The average Bonchev–Trinajstić information content (AvgIpc) is 3.26. The number of hydrogen-bond donors (Lipinski definition) is 0. The van der Waals surface area contributed by atoms with Gasteiger partial charge in [-0.25, -0.2) is 4.98 Å². The zero-order valence-corrected chi connectivity index (χ0v) is 16.3. The topological polar surface area (TPSA) is 26.0 Å². The average molecular weight is 358 g/mol. The fraction of sp³-hybridized carbons (Fsp3) is 0.261. The van der Waals surface area contributed by atoms with Crippen LogP contribution in [0.25, 0.3) is 33.4 Å². The Balaban J connectivity index is 1.86. The fourth-order valence-electron chi connectivity index (χ4n) is 3.71. The second-order valence-electron chi connectivity index (χ2n) is 7.32. The van der Waals surface area contributed by atoms with Gasteiger partial charge in [-0.05, 0) is 39.2 Å². The number of nitrogens with zero attached hydrogens (tertiary/aromatic N) is 4. The molecule has 4 aromatic rings. The van der Waals surface area contributed by atoms with Crippen LogP contribution in [0.1, 0.15) is 6.42 Å². The van der Waals surface area contributed by atoms with Crippen LogP contribution in [0.4, 0.5) is 0 Å². The minimum atomic E-state index is 0.955. The van der Waals surface area contributed by atoms with E-state index in [2.05, 4.69) is 96.0 Å². The lowest BCUT2D eigenvalue weighted by molar-refractivity contribution is 0.387. The van der Waals surface area contributed by atoms with Gasteiger partial charge in [0, 0.05) is 41.8 Å². The first-order valence-corrected chi connectivity index (χ1v) is 9.45. The van der Waals surface area contributed by atoms with Gasteiger partial charge in [-0.1, -0.05) is 42.5 Å². The van der Waals surface area contributed by atoms with E-state index in [4.69, 9.17) is 4.98 Å². The Morgan fingerprint density at radius 3 is 2.56 bits per heavy atom. The van der Waals surface area contributed by atoms with Crippen LogP contribution in [0.15, 0.2) is 67.1 Å². The van der Waals surface area contributed by atoms with E-state index >= 15 is 0 Å². The Hall–Kier alpha value is -2.85. The Morgan fingerprint density at radius 1 is 0.963 bits per heavy atom. The second kappa shape index (κ2) is 7.41.